The SMILES string of the molecule is CCN(CC#CCOc1ccccc1)c1cn(C)c(=O)n(C)c1=O. The molecule has 0 saturated carbocycles. The lowest BCUT2D eigenvalue weighted by molar-refractivity contribution is 0.370. The summed E-state index contributed by atoms with van der Waals surface area (Å²) in [5.74, 6) is 6.71. The molecule has 0 amide bonds. The molecule has 0 aliphatic heterocycles. The minimum Gasteiger partial charge on any atom is -0.481 e. The molecule has 1 aromatic heterocycles. The molecule has 6 heteroatoms. The Hall–Kier alpha value is -2.94. The normalized spacial score (nSPS) is 9.96. The lowest BCUT2D eigenvalue weighted by atomic mass is 10.3. The van der Waals surface area contributed by atoms with E-state index in [1.807, 2.05) is 42.2 Å². The van der Waals surface area contributed by atoms with Gasteiger partial charge < -0.3 is 14.2 Å². The molecular weight excluding hydrogens is 306 g/mol. The average molecular weight is 327 g/mol. The molecule has 2 rings (SSSR count). The van der Waals surface area contributed by atoms with E-state index in [9.17, 15) is 9.59 Å². The topological polar surface area (TPSA) is 56.5 Å². The van der Waals surface area contributed by atoms with Crippen LogP contribution in [0.5, 0.6) is 5.75 Å². The van der Waals surface area contributed by atoms with E-state index in [1.165, 1.54) is 11.6 Å². The van der Waals surface area contributed by atoms with E-state index in [4.69, 9.17) is 4.74 Å². The van der Waals surface area contributed by atoms with Crippen molar-refractivity contribution >= 4 is 5.69 Å². The van der Waals surface area contributed by atoms with Crippen LogP contribution in [-0.2, 0) is 14.1 Å². The fraction of sp³-hybridized carbons (Fsp3) is 0.333. The molecule has 0 saturated heterocycles. The van der Waals surface area contributed by atoms with E-state index in [0.29, 0.717) is 18.8 Å². The van der Waals surface area contributed by atoms with Crippen LogP contribution in [0.4, 0.5) is 5.69 Å². The minimum atomic E-state index is -0.345. The summed E-state index contributed by atoms with van der Waals surface area (Å²) >= 11 is 0. The van der Waals surface area contributed by atoms with E-state index >= 15 is 0 Å². The van der Waals surface area contributed by atoms with Crippen molar-refractivity contribution in [2.24, 2.45) is 14.1 Å². The summed E-state index contributed by atoms with van der Waals surface area (Å²) in [5.41, 5.74) is -0.204. The first-order valence-electron chi connectivity index (χ1n) is 7.69. The maximum absolute atomic E-state index is 12.3. The van der Waals surface area contributed by atoms with E-state index in [2.05, 4.69) is 11.8 Å². The molecule has 0 aliphatic carbocycles. The van der Waals surface area contributed by atoms with Crippen LogP contribution in [0, 0.1) is 11.8 Å². The number of nitrogens with zero attached hydrogens (tertiary/aromatic N) is 3. The number of anilines is 1. The summed E-state index contributed by atoms with van der Waals surface area (Å²) in [6, 6.07) is 9.46. The van der Waals surface area contributed by atoms with Gasteiger partial charge in [-0.25, -0.2) is 4.79 Å². The molecule has 1 aromatic carbocycles. The zero-order valence-electron chi connectivity index (χ0n) is 14.2. The first kappa shape index (κ1) is 17.4. The summed E-state index contributed by atoms with van der Waals surface area (Å²) in [5, 5.41) is 0. The van der Waals surface area contributed by atoms with E-state index < -0.39 is 0 Å². The van der Waals surface area contributed by atoms with E-state index in [-0.39, 0.29) is 17.9 Å². The highest BCUT2D eigenvalue weighted by Crippen LogP contribution is 2.07. The van der Waals surface area contributed by atoms with Crippen LogP contribution in [0.25, 0.3) is 0 Å². The Bertz CT molecular complexity index is 857. The molecule has 0 N–H and O–H groups in total. The molecule has 6 nitrogen and oxygen atoms in total. The molecule has 0 unspecified atom stereocenters. The first-order valence-corrected chi connectivity index (χ1v) is 7.69. The Morgan fingerprint density at radius 3 is 2.50 bits per heavy atom. The molecule has 0 radical (unpaired) electrons. The van der Waals surface area contributed by atoms with Crippen LogP contribution < -0.4 is 20.9 Å². The molecule has 1 heterocycles. The Labute approximate surface area is 140 Å². The fourth-order valence-electron chi connectivity index (χ4n) is 2.21. The predicted octanol–water partition coefficient (Wildman–Crippen LogP) is 0.993. The summed E-state index contributed by atoms with van der Waals surface area (Å²) in [4.78, 5) is 25.8. The van der Waals surface area contributed by atoms with E-state index in [1.54, 1.807) is 13.2 Å². The highest BCUT2D eigenvalue weighted by Gasteiger charge is 2.11. The highest BCUT2D eigenvalue weighted by atomic mass is 16.5. The van der Waals surface area contributed by atoms with Gasteiger partial charge in [-0.1, -0.05) is 30.0 Å². The van der Waals surface area contributed by atoms with Crippen LogP contribution in [0.1, 0.15) is 6.92 Å². The predicted molar refractivity (Wildman–Crippen MR) is 94.5 cm³/mol. The largest absolute Gasteiger partial charge is 0.481 e. The van der Waals surface area contributed by atoms with Gasteiger partial charge in [-0.2, -0.15) is 0 Å². The molecular formula is C18H21N3O3. The van der Waals surface area contributed by atoms with Crippen molar-refractivity contribution in [3.05, 3.63) is 57.4 Å². The Morgan fingerprint density at radius 2 is 1.83 bits per heavy atom. The summed E-state index contributed by atoms with van der Waals surface area (Å²) < 4.78 is 8.00. The molecule has 126 valence electrons. The number of aromatic nitrogens is 2. The third kappa shape index (κ3) is 4.07. The first-order chi connectivity index (χ1) is 11.5. The number of hydrogen-bond acceptors (Lipinski definition) is 4. The molecule has 0 fully saturated rings. The van der Waals surface area contributed by atoms with Gasteiger partial charge in [0.1, 0.15) is 18.0 Å². The number of hydrogen-bond donors (Lipinski definition) is 0. The minimum absolute atomic E-state index is 0.285. The summed E-state index contributed by atoms with van der Waals surface area (Å²) in [6.07, 6.45) is 1.55. The van der Waals surface area contributed by atoms with Gasteiger partial charge in [0.25, 0.3) is 5.56 Å². The quantitative estimate of drug-likeness (QED) is 0.769. The Kier molecular flexibility index (Phi) is 5.85. The number of para-hydroxylation sites is 1. The molecule has 2 aromatic rings. The monoisotopic (exact) mass is 327 g/mol. The van der Waals surface area contributed by atoms with Gasteiger partial charge in [0, 0.05) is 26.8 Å². The van der Waals surface area contributed by atoms with Crippen molar-refractivity contribution in [1.29, 1.82) is 0 Å². The molecule has 24 heavy (non-hydrogen) atoms. The van der Waals surface area contributed by atoms with Crippen LogP contribution >= 0.6 is 0 Å². The van der Waals surface area contributed by atoms with Gasteiger partial charge in [-0.05, 0) is 19.1 Å². The van der Waals surface area contributed by atoms with Gasteiger partial charge in [-0.3, -0.25) is 9.36 Å². The van der Waals surface area contributed by atoms with Gasteiger partial charge in [0.15, 0.2) is 0 Å². The number of benzene rings is 1. The highest BCUT2D eigenvalue weighted by molar-refractivity contribution is 5.43. The molecule has 0 spiro atoms. The fourth-order valence-corrected chi connectivity index (χ4v) is 2.21. The summed E-state index contributed by atoms with van der Waals surface area (Å²) in [6.45, 7) is 3.23. The second-order valence-corrected chi connectivity index (χ2v) is 5.24. The van der Waals surface area contributed by atoms with Gasteiger partial charge in [-0.15, -0.1) is 0 Å². The number of ether oxygens (including phenoxy) is 1. The van der Waals surface area contributed by atoms with Crippen molar-refractivity contribution < 1.29 is 4.74 Å². The third-order valence-electron chi connectivity index (χ3n) is 3.60. The van der Waals surface area contributed by atoms with Crippen molar-refractivity contribution in [2.75, 3.05) is 24.6 Å². The number of aryl methyl sites for hydroxylation is 1. The Morgan fingerprint density at radius 1 is 1.12 bits per heavy atom. The lowest BCUT2D eigenvalue weighted by Crippen LogP contribution is -2.41. The van der Waals surface area contributed by atoms with Crippen molar-refractivity contribution in [3.63, 3.8) is 0 Å². The number of rotatable bonds is 5. The standard InChI is InChI=1S/C18H21N3O3/c1-4-21(16-14-19(2)18(23)20(3)17(16)22)12-8-9-13-24-15-10-6-5-7-11-15/h5-7,10-11,14H,4,12-13H2,1-3H3. The zero-order chi connectivity index (χ0) is 17.5. The molecule has 0 atom stereocenters. The average Bonchev–Trinajstić information content (AvgIpc) is 2.61. The maximum atomic E-state index is 12.3. The van der Waals surface area contributed by atoms with Crippen LogP contribution in [0.3, 0.4) is 0 Å². The third-order valence-corrected chi connectivity index (χ3v) is 3.60. The lowest BCUT2D eigenvalue weighted by Gasteiger charge is -2.20. The second kappa shape index (κ2) is 8.06. The van der Waals surface area contributed by atoms with Crippen LogP contribution in [-0.4, -0.2) is 28.8 Å². The van der Waals surface area contributed by atoms with Crippen molar-refractivity contribution in [2.45, 2.75) is 6.92 Å². The smallest absolute Gasteiger partial charge is 0.330 e. The maximum Gasteiger partial charge on any atom is 0.330 e. The van der Waals surface area contributed by atoms with Gasteiger partial charge in [0.2, 0.25) is 0 Å². The van der Waals surface area contributed by atoms with E-state index in [0.717, 1.165) is 10.3 Å². The van der Waals surface area contributed by atoms with Crippen LogP contribution in [0.15, 0.2) is 46.1 Å². The van der Waals surface area contributed by atoms with Crippen molar-refractivity contribution in [1.82, 2.24) is 9.13 Å². The summed E-state index contributed by atoms with van der Waals surface area (Å²) in [7, 11) is 3.10. The molecule has 0 aliphatic rings. The van der Waals surface area contributed by atoms with Crippen LogP contribution in [0.2, 0.25) is 0 Å². The second-order valence-electron chi connectivity index (χ2n) is 5.24. The Balaban J connectivity index is 2.05. The van der Waals surface area contributed by atoms with Crippen molar-refractivity contribution in [3.8, 4) is 17.6 Å². The zero-order valence-corrected chi connectivity index (χ0v) is 14.2. The van der Waals surface area contributed by atoms with Gasteiger partial charge in [0.05, 0.1) is 6.54 Å². The molecule has 0 bridgehead atoms. The van der Waals surface area contributed by atoms with Gasteiger partial charge >= 0.3 is 5.69 Å².